The average Bonchev–Trinajstić information content (AvgIpc) is 2.54. The van der Waals surface area contributed by atoms with Crippen LogP contribution in [0.2, 0.25) is 0 Å². The minimum atomic E-state index is -1.24. The Balaban J connectivity index is 2.31. The molecule has 0 aliphatic heterocycles. The Labute approximate surface area is 126 Å². The number of hydrogen-bond acceptors (Lipinski definition) is 3. The van der Waals surface area contributed by atoms with Crippen LogP contribution < -0.4 is 0 Å². The molecule has 2 aromatic carbocycles. The van der Waals surface area contributed by atoms with E-state index in [1.807, 2.05) is 6.07 Å². The number of aromatic carboxylic acids is 1. The van der Waals surface area contributed by atoms with Gasteiger partial charge in [-0.05, 0) is 23.8 Å². The van der Waals surface area contributed by atoms with Gasteiger partial charge in [-0.15, -0.1) is 0 Å². The molecule has 106 valence electrons. The number of carbonyl (C=O) groups excluding carboxylic acids is 1. The minimum Gasteiger partial charge on any atom is -0.478 e. The molecule has 0 amide bonds. The second-order valence-corrected chi connectivity index (χ2v) is 4.56. The normalized spacial score (nSPS) is 9.55. The Morgan fingerprint density at radius 1 is 1.14 bits per heavy atom. The number of nitrogens with zero attached hydrogens (tertiary/aromatic N) is 2. The molecule has 5 heteroatoms. The van der Waals surface area contributed by atoms with Gasteiger partial charge in [0, 0.05) is 12.0 Å². The van der Waals surface area contributed by atoms with Crippen molar-refractivity contribution in [1.82, 2.24) is 0 Å². The molecule has 0 saturated carbocycles. The van der Waals surface area contributed by atoms with E-state index in [1.54, 1.807) is 24.3 Å². The van der Waals surface area contributed by atoms with Crippen molar-refractivity contribution < 1.29 is 14.7 Å². The zero-order chi connectivity index (χ0) is 16.1. The fraction of sp³-hybridized carbons (Fsp3) is 0.0588. The van der Waals surface area contributed by atoms with E-state index in [1.165, 1.54) is 18.2 Å². The van der Waals surface area contributed by atoms with E-state index >= 15 is 0 Å². The monoisotopic (exact) mass is 290 g/mol. The van der Waals surface area contributed by atoms with Crippen LogP contribution in [0.1, 0.15) is 31.8 Å². The van der Waals surface area contributed by atoms with Crippen molar-refractivity contribution in [3.05, 3.63) is 76.1 Å². The van der Waals surface area contributed by atoms with Crippen LogP contribution in [0.25, 0.3) is 4.85 Å². The molecular weight excluding hydrogens is 280 g/mol. The van der Waals surface area contributed by atoms with Gasteiger partial charge in [0.1, 0.15) is 0 Å². The fourth-order valence-corrected chi connectivity index (χ4v) is 2.00. The molecule has 0 aromatic heterocycles. The third kappa shape index (κ3) is 3.17. The molecule has 0 atom stereocenters. The molecule has 0 fully saturated rings. The third-order valence-electron chi connectivity index (χ3n) is 3.11. The van der Waals surface area contributed by atoms with Crippen LogP contribution in [-0.4, -0.2) is 16.9 Å². The summed E-state index contributed by atoms with van der Waals surface area (Å²) in [4.78, 5) is 26.7. The molecule has 1 N–H and O–H groups in total. The molecule has 2 rings (SSSR count). The second-order valence-electron chi connectivity index (χ2n) is 4.56. The molecule has 0 bridgehead atoms. The van der Waals surface area contributed by atoms with Crippen LogP contribution >= 0.6 is 0 Å². The van der Waals surface area contributed by atoms with Crippen molar-refractivity contribution in [1.29, 1.82) is 5.26 Å². The van der Waals surface area contributed by atoms with Crippen molar-refractivity contribution in [3.63, 3.8) is 0 Å². The van der Waals surface area contributed by atoms with Crippen LogP contribution in [0.3, 0.4) is 0 Å². The predicted octanol–water partition coefficient (Wildman–Crippen LogP) is 3.23. The Morgan fingerprint density at radius 2 is 1.82 bits per heavy atom. The molecule has 2 aromatic rings. The van der Waals surface area contributed by atoms with Gasteiger partial charge in [0.25, 0.3) is 0 Å². The van der Waals surface area contributed by atoms with Crippen molar-refractivity contribution in [3.8, 4) is 6.07 Å². The van der Waals surface area contributed by atoms with Gasteiger partial charge in [-0.2, -0.15) is 5.26 Å². The molecule has 5 nitrogen and oxygen atoms in total. The highest BCUT2D eigenvalue weighted by atomic mass is 16.4. The van der Waals surface area contributed by atoms with Gasteiger partial charge in [0.05, 0.1) is 23.8 Å². The van der Waals surface area contributed by atoms with E-state index in [2.05, 4.69) is 4.85 Å². The molecule has 0 saturated heterocycles. The van der Waals surface area contributed by atoms with Crippen LogP contribution in [0.5, 0.6) is 0 Å². The molecule has 0 radical (unpaired) electrons. The summed E-state index contributed by atoms with van der Waals surface area (Å²) in [5, 5.41) is 17.9. The number of carbonyl (C=O) groups is 2. The first-order valence-electron chi connectivity index (χ1n) is 6.32. The number of rotatable bonds is 4. The Bertz CT molecular complexity index is 824. The zero-order valence-corrected chi connectivity index (χ0v) is 11.4. The smallest absolute Gasteiger partial charge is 0.335 e. The molecule has 0 aliphatic carbocycles. The summed E-state index contributed by atoms with van der Waals surface area (Å²) < 4.78 is 0. The second kappa shape index (κ2) is 6.34. The van der Waals surface area contributed by atoms with Crippen molar-refractivity contribution >= 4 is 17.4 Å². The summed E-state index contributed by atoms with van der Waals surface area (Å²) in [6.45, 7) is 6.90. The largest absolute Gasteiger partial charge is 0.478 e. The lowest BCUT2D eigenvalue weighted by molar-refractivity contribution is 0.0692. The first-order chi connectivity index (χ1) is 10.5. The highest BCUT2D eigenvalue weighted by Gasteiger charge is 2.17. The average molecular weight is 290 g/mol. The predicted molar refractivity (Wildman–Crippen MR) is 78.9 cm³/mol. The zero-order valence-electron chi connectivity index (χ0n) is 11.4. The summed E-state index contributed by atoms with van der Waals surface area (Å²) in [7, 11) is 0. The maximum absolute atomic E-state index is 12.3. The van der Waals surface area contributed by atoms with E-state index in [0.717, 1.165) is 0 Å². The van der Waals surface area contributed by atoms with Crippen molar-refractivity contribution in [2.24, 2.45) is 0 Å². The number of benzene rings is 2. The number of nitriles is 1. The molecule has 22 heavy (non-hydrogen) atoms. The SMILES string of the molecule is [C-]#[N+]c1ccc(C(=O)Cc2ccc(C#N)cc2)c(C(=O)O)c1. The quantitative estimate of drug-likeness (QED) is 0.692. The fourth-order valence-electron chi connectivity index (χ4n) is 2.00. The highest BCUT2D eigenvalue weighted by molar-refractivity contribution is 6.07. The topological polar surface area (TPSA) is 82.5 Å². The number of hydrogen-bond donors (Lipinski definition) is 1. The summed E-state index contributed by atoms with van der Waals surface area (Å²) in [5.41, 5.74) is 1.25. The van der Waals surface area contributed by atoms with Gasteiger partial charge in [-0.1, -0.05) is 24.3 Å². The summed E-state index contributed by atoms with van der Waals surface area (Å²) in [5.74, 6) is -1.59. The van der Waals surface area contributed by atoms with Crippen LogP contribution in [0.4, 0.5) is 5.69 Å². The first-order valence-corrected chi connectivity index (χ1v) is 6.32. The highest BCUT2D eigenvalue weighted by Crippen LogP contribution is 2.20. The van der Waals surface area contributed by atoms with Crippen LogP contribution in [0.15, 0.2) is 42.5 Å². The number of carboxylic acids is 1. The van der Waals surface area contributed by atoms with E-state index < -0.39 is 5.97 Å². The summed E-state index contributed by atoms with van der Waals surface area (Å²) in [6.07, 6.45) is 0.0311. The van der Waals surface area contributed by atoms with Gasteiger partial charge >= 0.3 is 5.97 Å². The number of ketones is 1. The molecule has 0 heterocycles. The van der Waals surface area contributed by atoms with E-state index in [9.17, 15) is 14.7 Å². The molecule has 0 aliphatic rings. The van der Waals surface area contributed by atoms with Crippen molar-refractivity contribution in [2.45, 2.75) is 6.42 Å². The van der Waals surface area contributed by atoms with E-state index in [-0.39, 0.29) is 29.0 Å². The van der Waals surface area contributed by atoms with Crippen LogP contribution in [0, 0.1) is 17.9 Å². The summed E-state index contributed by atoms with van der Waals surface area (Å²) >= 11 is 0. The lowest BCUT2D eigenvalue weighted by Crippen LogP contribution is -2.10. The van der Waals surface area contributed by atoms with Crippen LogP contribution in [-0.2, 0) is 6.42 Å². The van der Waals surface area contributed by atoms with E-state index in [4.69, 9.17) is 11.8 Å². The van der Waals surface area contributed by atoms with Gasteiger partial charge in [0.15, 0.2) is 11.5 Å². The Hall–Kier alpha value is -3.44. The first kappa shape index (κ1) is 15.0. The lowest BCUT2D eigenvalue weighted by Gasteiger charge is -2.06. The molecule has 0 unspecified atom stereocenters. The lowest BCUT2D eigenvalue weighted by atomic mass is 9.97. The van der Waals surface area contributed by atoms with Gasteiger partial charge in [-0.25, -0.2) is 9.64 Å². The Morgan fingerprint density at radius 3 is 2.36 bits per heavy atom. The van der Waals surface area contributed by atoms with Gasteiger partial charge in [-0.3, -0.25) is 4.79 Å². The van der Waals surface area contributed by atoms with Gasteiger partial charge < -0.3 is 5.11 Å². The molecule has 0 spiro atoms. The minimum absolute atomic E-state index is 0.0311. The molecular formula is C17H10N2O3. The van der Waals surface area contributed by atoms with Gasteiger partial charge in [0.2, 0.25) is 0 Å². The maximum Gasteiger partial charge on any atom is 0.335 e. The Kier molecular flexibility index (Phi) is 4.31. The number of Topliss-reactive ketones (excluding diaryl/α,β-unsaturated/α-hetero) is 1. The third-order valence-corrected chi connectivity index (χ3v) is 3.11. The standard InChI is InChI=1S/C17H10N2O3/c1-19-13-6-7-14(15(9-13)17(21)22)16(20)8-11-2-4-12(10-18)5-3-11/h2-7,9H,8H2,(H,21,22). The number of carboxylic acid groups (broad SMARTS) is 1. The van der Waals surface area contributed by atoms with E-state index in [0.29, 0.717) is 11.1 Å². The van der Waals surface area contributed by atoms with Crippen molar-refractivity contribution in [2.75, 3.05) is 0 Å². The summed E-state index contributed by atoms with van der Waals surface area (Å²) in [6, 6.07) is 12.5. The maximum atomic E-state index is 12.3.